The Bertz CT molecular complexity index is 781. The van der Waals surface area contributed by atoms with Gasteiger partial charge < -0.3 is 25.6 Å². The molecule has 0 aromatic heterocycles. The predicted octanol–water partition coefficient (Wildman–Crippen LogP) is 1.30. The van der Waals surface area contributed by atoms with E-state index in [0.717, 1.165) is 12.8 Å². The average molecular weight is 385 g/mol. The molecule has 146 valence electrons. The van der Waals surface area contributed by atoms with E-state index in [2.05, 4.69) is 5.32 Å². The molecule has 9 heteroatoms. The number of hydrogen-bond acceptors (Lipinski definition) is 6. The summed E-state index contributed by atoms with van der Waals surface area (Å²) >= 11 is 0. The van der Waals surface area contributed by atoms with Crippen molar-refractivity contribution in [3.05, 3.63) is 22.9 Å². The standard InChI is InChI=1S/C17H27N3O5S/c1-4-20(22)8-6-7-12(20)11-19-17(21)13-9-16(26(23,24)5-2)14(18)10-15(13)25-3/h9-10,12H,4-8,11,18H2,1-3H3,(H,19,21)/t12-,20?/m0/s1. The van der Waals surface area contributed by atoms with Gasteiger partial charge in [-0.1, -0.05) is 6.92 Å². The maximum absolute atomic E-state index is 12.6. The number of carbonyl (C=O) groups is 1. The molecule has 0 radical (unpaired) electrons. The summed E-state index contributed by atoms with van der Waals surface area (Å²) in [5, 5.41) is 15.4. The molecule has 1 unspecified atom stereocenters. The number of hydroxylamine groups is 3. The number of nitrogens with one attached hydrogen (secondary N) is 1. The number of nitrogen functional groups attached to an aromatic ring is 1. The Balaban J connectivity index is 2.26. The number of ether oxygens (including phenoxy) is 1. The molecule has 1 aliphatic heterocycles. The molecule has 2 rings (SSSR count). The van der Waals surface area contributed by atoms with E-state index in [1.165, 1.54) is 26.2 Å². The van der Waals surface area contributed by atoms with Crippen LogP contribution in [0.15, 0.2) is 17.0 Å². The molecule has 3 N–H and O–H groups in total. The maximum atomic E-state index is 12.6. The van der Waals surface area contributed by atoms with Crippen molar-refractivity contribution in [2.75, 3.05) is 38.2 Å². The van der Waals surface area contributed by atoms with Crippen LogP contribution in [0.3, 0.4) is 0 Å². The minimum atomic E-state index is -3.58. The fourth-order valence-electron chi connectivity index (χ4n) is 3.35. The molecule has 0 aliphatic carbocycles. The van der Waals surface area contributed by atoms with Crippen LogP contribution in [0.2, 0.25) is 0 Å². The van der Waals surface area contributed by atoms with Crippen molar-refractivity contribution < 1.29 is 22.6 Å². The number of methoxy groups -OCH3 is 1. The van der Waals surface area contributed by atoms with E-state index in [-0.39, 0.29) is 44.9 Å². The summed E-state index contributed by atoms with van der Waals surface area (Å²) in [5.74, 6) is -0.414. The summed E-state index contributed by atoms with van der Waals surface area (Å²) in [4.78, 5) is 12.5. The minimum Gasteiger partial charge on any atom is -0.633 e. The van der Waals surface area contributed by atoms with Crippen LogP contribution in [-0.4, -0.2) is 57.5 Å². The number of likely N-dealkylation sites (N-methyl/N-ethyl adjacent to an activating group) is 1. The summed E-state index contributed by atoms with van der Waals surface area (Å²) in [6.07, 6.45) is 1.59. The number of nitrogens with zero attached hydrogens (tertiary/aromatic N) is 1. The second-order valence-corrected chi connectivity index (χ2v) is 8.74. The lowest BCUT2D eigenvalue weighted by Gasteiger charge is -2.43. The molecule has 8 nitrogen and oxygen atoms in total. The third-order valence-electron chi connectivity index (χ3n) is 5.06. The fourth-order valence-corrected chi connectivity index (χ4v) is 4.38. The Labute approximate surface area is 154 Å². The second-order valence-electron chi connectivity index (χ2n) is 6.49. The third kappa shape index (κ3) is 3.94. The summed E-state index contributed by atoms with van der Waals surface area (Å²) in [6, 6.07) is 2.39. The largest absolute Gasteiger partial charge is 0.633 e. The van der Waals surface area contributed by atoms with Crippen molar-refractivity contribution in [2.45, 2.75) is 37.6 Å². The van der Waals surface area contributed by atoms with Gasteiger partial charge in [0.05, 0.1) is 48.6 Å². The zero-order valence-electron chi connectivity index (χ0n) is 15.4. The number of likely N-dealkylation sites (tertiary alicyclic amines) is 1. The smallest absolute Gasteiger partial charge is 0.255 e. The number of hydrogen-bond donors (Lipinski definition) is 2. The summed E-state index contributed by atoms with van der Waals surface area (Å²) < 4.78 is 29.3. The van der Waals surface area contributed by atoms with Gasteiger partial charge >= 0.3 is 0 Å². The number of quaternary nitrogens is 1. The molecule has 1 amide bonds. The van der Waals surface area contributed by atoms with Crippen LogP contribution < -0.4 is 15.8 Å². The topological polar surface area (TPSA) is 122 Å². The van der Waals surface area contributed by atoms with E-state index in [0.29, 0.717) is 13.1 Å². The van der Waals surface area contributed by atoms with Gasteiger partial charge in [0.25, 0.3) is 5.91 Å². The van der Waals surface area contributed by atoms with Crippen LogP contribution in [0, 0.1) is 5.21 Å². The lowest BCUT2D eigenvalue weighted by atomic mass is 10.1. The first kappa shape index (κ1) is 20.5. The molecule has 0 saturated carbocycles. The van der Waals surface area contributed by atoms with Gasteiger partial charge in [0, 0.05) is 18.9 Å². The lowest BCUT2D eigenvalue weighted by Crippen LogP contribution is -2.51. The SMILES string of the molecule is CC[N+]1([O-])CCC[C@H]1CNC(=O)c1cc(S(=O)(=O)CC)c(N)cc1OC. The lowest BCUT2D eigenvalue weighted by molar-refractivity contribution is -0.889. The first-order valence-corrected chi connectivity index (χ1v) is 10.4. The molecule has 2 atom stereocenters. The molecule has 1 heterocycles. The van der Waals surface area contributed by atoms with Crippen molar-refractivity contribution in [3.63, 3.8) is 0 Å². The molecule has 1 aromatic rings. The van der Waals surface area contributed by atoms with Crippen LogP contribution in [0.1, 0.15) is 37.0 Å². The third-order valence-corrected chi connectivity index (χ3v) is 6.85. The van der Waals surface area contributed by atoms with Gasteiger partial charge in [-0.05, 0) is 13.0 Å². The van der Waals surface area contributed by atoms with Crippen LogP contribution >= 0.6 is 0 Å². The Hall–Kier alpha value is -1.84. The number of nitrogens with two attached hydrogens (primary N) is 1. The van der Waals surface area contributed by atoms with E-state index in [1.807, 2.05) is 6.92 Å². The first-order valence-electron chi connectivity index (χ1n) is 8.74. The number of rotatable bonds is 7. The van der Waals surface area contributed by atoms with Crippen molar-refractivity contribution in [1.82, 2.24) is 5.32 Å². The Morgan fingerprint density at radius 3 is 2.69 bits per heavy atom. The van der Waals surface area contributed by atoms with Crippen LogP contribution in [0.25, 0.3) is 0 Å². The van der Waals surface area contributed by atoms with Gasteiger partial charge in [-0.2, -0.15) is 0 Å². The molecular formula is C17H27N3O5S. The Morgan fingerprint density at radius 2 is 2.12 bits per heavy atom. The van der Waals surface area contributed by atoms with Crippen LogP contribution in [0.4, 0.5) is 5.69 Å². The highest BCUT2D eigenvalue weighted by Gasteiger charge is 2.33. The van der Waals surface area contributed by atoms with Crippen molar-refractivity contribution in [2.24, 2.45) is 0 Å². The number of amides is 1. The molecule has 0 bridgehead atoms. The highest BCUT2D eigenvalue weighted by Crippen LogP contribution is 2.30. The first-order chi connectivity index (χ1) is 12.2. The minimum absolute atomic E-state index is 0.0391. The quantitative estimate of drug-likeness (QED) is 0.414. The number of carbonyl (C=O) groups excluding carboxylic acids is 1. The number of benzene rings is 1. The highest BCUT2D eigenvalue weighted by atomic mass is 32.2. The molecule has 26 heavy (non-hydrogen) atoms. The summed E-state index contributed by atoms with van der Waals surface area (Å²) in [6.45, 7) is 4.61. The molecule has 1 aliphatic rings. The molecule has 1 fully saturated rings. The van der Waals surface area contributed by atoms with Crippen molar-refractivity contribution in [3.8, 4) is 5.75 Å². The molecule has 0 spiro atoms. The monoisotopic (exact) mass is 385 g/mol. The van der Waals surface area contributed by atoms with Gasteiger partial charge in [-0.15, -0.1) is 0 Å². The number of sulfone groups is 1. The van der Waals surface area contributed by atoms with Gasteiger partial charge in [0.1, 0.15) is 11.8 Å². The highest BCUT2D eigenvalue weighted by molar-refractivity contribution is 7.91. The average Bonchev–Trinajstić information content (AvgIpc) is 3.00. The van der Waals surface area contributed by atoms with Crippen LogP contribution in [-0.2, 0) is 9.84 Å². The van der Waals surface area contributed by atoms with Gasteiger partial charge in [0.2, 0.25) is 0 Å². The molecule has 1 aromatic carbocycles. The maximum Gasteiger partial charge on any atom is 0.255 e. The van der Waals surface area contributed by atoms with Crippen LogP contribution in [0.5, 0.6) is 5.75 Å². The van der Waals surface area contributed by atoms with Crippen molar-refractivity contribution in [1.29, 1.82) is 0 Å². The normalized spacial score (nSPS) is 23.0. The molecule has 1 saturated heterocycles. The Kier molecular flexibility index (Phi) is 6.15. The zero-order valence-corrected chi connectivity index (χ0v) is 16.3. The van der Waals surface area contributed by atoms with Gasteiger partial charge in [-0.3, -0.25) is 4.79 Å². The Morgan fingerprint density at radius 1 is 1.42 bits per heavy atom. The predicted molar refractivity (Wildman–Crippen MR) is 99.5 cm³/mol. The summed E-state index contributed by atoms with van der Waals surface area (Å²) in [5.41, 5.74) is 5.95. The van der Waals surface area contributed by atoms with E-state index in [4.69, 9.17) is 10.5 Å². The van der Waals surface area contributed by atoms with E-state index >= 15 is 0 Å². The second kappa shape index (κ2) is 7.81. The van der Waals surface area contributed by atoms with Gasteiger partial charge in [-0.25, -0.2) is 8.42 Å². The van der Waals surface area contributed by atoms with E-state index < -0.39 is 15.7 Å². The zero-order chi connectivity index (χ0) is 19.5. The van der Waals surface area contributed by atoms with Crippen molar-refractivity contribution >= 4 is 21.4 Å². The number of anilines is 1. The summed E-state index contributed by atoms with van der Waals surface area (Å²) in [7, 11) is -2.19. The van der Waals surface area contributed by atoms with E-state index in [9.17, 15) is 18.4 Å². The molecular weight excluding hydrogens is 358 g/mol. The van der Waals surface area contributed by atoms with E-state index in [1.54, 1.807) is 0 Å². The van der Waals surface area contributed by atoms with Gasteiger partial charge in [0.15, 0.2) is 9.84 Å². The fraction of sp³-hybridized carbons (Fsp3) is 0.588.